The highest BCUT2D eigenvalue weighted by atomic mass is 19.4. The number of carbonyl (C=O) groups is 1. The molecule has 0 heterocycles. The summed E-state index contributed by atoms with van der Waals surface area (Å²) in [6, 6.07) is 2.15. The van der Waals surface area contributed by atoms with Crippen LogP contribution < -0.4 is 4.74 Å². The van der Waals surface area contributed by atoms with Gasteiger partial charge < -0.3 is 4.74 Å². The van der Waals surface area contributed by atoms with Gasteiger partial charge in [-0.15, -0.1) is 0 Å². The van der Waals surface area contributed by atoms with Gasteiger partial charge >= 0.3 is 65.4 Å². The summed E-state index contributed by atoms with van der Waals surface area (Å²) in [7, 11) is 0. The van der Waals surface area contributed by atoms with Crippen LogP contribution in [0.25, 0.3) is 0 Å². The fourth-order valence-corrected chi connectivity index (χ4v) is 2.70. The van der Waals surface area contributed by atoms with Gasteiger partial charge in [-0.05, 0) is 24.3 Å². The van der Waals surface area contributed by atoms with E-state index in [1.807, 2.05) is 0 Å². The summed E-state index contributed by atoms with van der Waals surface area (Å²) < 4.78 is 311. The topological polar surface area (TPSA) is 26.3 Å². The summed E-state index contributed by atoms with van der Waals surface area (Å²) in [4.78, 5) is 10.4. The van der Waals surface area contributed by atoms with Crippen molar-refractivity contribution < 1.29 is 111 Å². The van der Waals surface area contributed by atoms with Crippen molar-refractivity contribution in [3.05, 3.63) is 29.8 Å². The molecule has 0 atom stereocenters. The predicted molar refractivity (Wildman–Crippen MR) is 92.8 cm³/mol. The quantitative estimate of drug-likeness (QED) is 0.152. The Hall–Kier alpha value is -2.92. The molecule has 0 aliphatic carbocycles. The standard InChI is InChI=1S/C19H7F23O2/c20-9(21,6-44-8-3-1-7(5-43)2-4-8)10(22,23)11(24,25)12(26,27)13(28,29)14(30,31)15(32,33)16(34,35)17(36,37)18(38,39)19(40,41)42/h1-5H,6H2. The first-order valence-corrected chi connectivity index (χ1v) is 10.0. The Kier molecular flexibility index (Phi) is 9.40. The van der Waals surface area contributed by atoms with Gasteiger partial charge in [0.1, 0.15) is 12.0 Å². The molecule has 2 nitrogen and oxygen atoms in total. The van der Waals surface area contributed by atoms with Crippen molar-refractivity contribution in [2.45, 2.75) is 65.4 Å². The smallest absolute Gasteiger partial charge is 0.460 e. The summed E-state index contributed by atoms with van der Waals surface area (Å²) >= 11 is 0. The molecular formula is C19H7F23O2. The van der Waals surface area contributed by atoms with Crippen LogP contribution in [0, 0.1) is 0 Å². The Morgan fingerprint density at radius 2 is 0.705 bits per heavy atom. The Morgan fingerprint density at radius 3 is 0.977 bits per heavy atom. The molecule has 0 saturated carbocycles. The molecule has 1 rings (SSSR count). The summed E-state index contributed by atoms with van der Waals surface area (Å²) in [5.74, 6) is -89.3. The largest absolute Gasteiger partial charge is 0.487 e. The number of carbonyl (C=O) groups excluding carboxylic acids is 1. The van der Waals surface area contributed by atoms with Crippen molar-refractivity contribution in [1.82, 2.24) is 0 Å². The maximum Gasteiger partial charge on any atom is 0.460 e. The van der Waals surface area contributed by atoms with Crippen LogP contribution in [0.1, 0.15) is 10.4 Å². The molecule has 0 aromatic heterocycles. The molecule has 0 radical (unpaired) electrons. The Bertz CT molecular complexity index is 1180. The minimum atomic E-state index is -9.44. The number of rotatable bonds is 13. The van der Waals surface area contributed by atoms with Gasteiger partial charge in [-0.3, -0.25) is 4.79 Å². The van der Waals surface area contributed by atoms with Crippen LogP contribution in [0.3, 0.4) is 0 Å². The molecule has 0 unspecified atom stereocenters. The van der Waals surface area contributed by atoms with Crippen molar-refractivity contribution in [2.24, 2.45) is 0 Å². The number of hydrogen-bond donors (Lipinski definition) is 0. The van der Waals surface area contributed by atoms with Gasteiger partial charge in [0.15, 0.2) is 6.61 Å². The molecule has 0 bridgehead atoms. The number of alkyl halides is 23. The van der Waals surface area contributed by atoms with Crippen molar-refractivity contribution >= 4 is 6.29 Å². The van der Waals surface area contributed by atoms with Crippen LogP contribution in [0.4, 0.5) is 101 Å². The highest BCUT2D eigenvalue weighted by Crippen LogP contribution is 2.67. The molecule has 0 amide bonds. The molecule has 0 fully saturated rings. The normalized spacial score (nSPS) is 15.8. The van der Waals surface area contributed by atoms with E-state index in [9.17, 15) is 106 Å². The Balaban J connectivity index is 3.67. The molecule has 0 saturated heterocycles. The SMILES string of the molecule is O=Cc1ccc(OCC(F)(F)C(F)(F)C(F)(F)C(F)(F)C(F)(F)C(F)(F)C(F)(F)C(F)(F)C(F)(F)C(F)(F)C(F)(F)F)cc1. The molecule has 0 N–H and O–H groups in total. The number of ether oxygens (including phenoxy) is 1. The minimum Gasteiger partial charge on any atom is -0.487 e. The van der Waals surface area contributed by atoms with E-state index in [0.717, 1.165) is 0 Å². The van der Waals surface area contributed by atoms with Crippen LogP contribution in [-0.4, -0.2) is 78.3 Å². The van der Waals surface area contributed by atoms with Crippen molar-refractivity contribution in [2.75, 3.05) is 6.61 Å². The zero-order valence-corrected chi connectivity index (χ0v) is 19.6. The van der Waals surface area contributed by atoms with E-state index < -0.39 is 77.8 Å². The highest BCUT2D eigenvalue weighted by Gasteiger charge is 2.98. The van der Waals surface area contributed by atoms with E-state index in [-0.39, 0.29) is 11.8 Å². The van der Waals surface area contributed by atoms with Gasteiger partial charge in [0.05, 0.1) is 0 Å². The van der Waals surface area contributed by atoms with E-state index in [2.05, 4.69) is 4.74 Å². The lowest BCUT2D eigenvalue weighted by Gasteiger charge is -2.45. The molecule has 256 valence electrons. The van der Waals surface area contributed by atoms with Crippen molar-refractivity contribution in [3.63, 3.8) is 0 Å². The monoisotopic (exact) mass is 704 g/mol. The number of aldehydes is 1. The first-order valence-electron chi connectivity index (χ1n) is 10.0. The molecule has 1 aromatic rings. The first kappa shape index (κ1) is 39.1. The third-order valence-electron chi connectivity index (χ3n) is 5.41. The third kappa shape index (κ3) is 5.13. The second-order valence-corrected chi connectivity index (χ2v) is 8.35. The number of halogens is 23. The number of hydrogen-bond acceptors (Lipinski definition) is 2. The van der Waals surface area contributed by atoms with Crippen LogP contribution in [0.2, 0.25) is 0 Å². The lowest BCUT2D eigenvalue weighted by molar-refractivity contribution is -0.478. The highest BCUT2D eigenvalue weighted by molar-refractivity contribution is 5.74. The predicted octanol–water partition coefficient (Wildman–Crippen LogP) is 8.79. The summed E-state index contributed by atoms with van der Waals surface area (Å²) in [6.07, 6.45) is -8.05. The van der Waals surface area contributed by atoms with E-state index in [4.69, 9.17) is 0 Å². The fourth-order valence-electron chi connectivity index (χ4n) is 2.70. The van der Waals surface area contributed by atoms with E-state index in [1.54, 1.807) is 0 Å². The molecular weight excluding hydrogens is 697 g/mol. The lowest BCUT2D eigenvalue weighted by Crippen LogP contribution is -2.77. The Morgan fingerprint density at radius 1 is 0.432 bits per heavy atom. The average molecular weight is 704 g/mol. The van der Waals surface area contributed by atoms with Gasteiger partial charge in [0.2, 0.25) is 0 Å². The Labute approximate surface area is 225 Å². The van der Waals surface area contributed by atoms with Crippen molar-refractivity contribution in [1.29, 1.82) is 0 Å². The molecule has 1 aromatic carbocycles. The van der Waals surface area contributed by atoms with Crippen molar-refractivity contribution in [3.8, 4) is 5.75 Å². The molecule has 0 spiro atoms. The van der Waals surface area contributed by atoms with Crippen LogP contribution >= 0.6 is 0 Å². The van der Waals surface area contributed by atoms with Crippen LogP contribution in [0.5, 0.6) is 5.75 Å². The summed E-state index contributed by atoms with van der Waals surface area (Å²) in [5, 5.41) is 0. The average Bonchev–Trinajstić information content (AvgIpc) is 2.85. The molecule has 25 heteroatoms. The number of benzene rings is 1. The zero-order valence-electron chi connectivity index (χ0n) is 19.6. The van der Waals surface area contributed by atoms with Gasteiger partial charge in [0.25, 0.3) is 0 Å². The second kappa shape index (κ2) is 10.6. The van der Waals surface area contributed by atoms with Gasteiger partial charge in [-0.2, -0.15) is 101 Å². The van der Waals surface area contributed by atoms with Gasteiger partial charge in [-0.1, -0.05) is 0 Å². The molecule has 44 heavy (non-hydrogen) atoms. The molecule has 0 aliphatic rings. The molecule has 0 aliphatic heterocycles. The maximum absolute atomic E-state index is 13.9. The van der Waals surface area contributed by atoms with Gasteiger partial charge in [-0.25, -0.2) is 0 Å². The second-order valence-electron chi connectivity index (χ2n) is 8.35. The summed E-state index contributed by atoms with van der Waals surface area (Å²) in [6.45, 7) is -3.29. The maximum atomic E-state index is 13.9. The van der Waals surface area contributed by atoms with E-state index in [0.29, 0.717) is 24.3 Å². The van der Waals surface area contributed by atoms with Crippen LogP contribution in [0.15, 0.2) is 24.3 Å². The third-order valence-corrected chi connectivity index (χ3v) is 5.41. The minimum absolute atomic E-state index is 0.0630. The fraction of sp³-hybridized carbons (Fsp3) is 0.632. The van der Waals surface area contributed by atoms with E-state index in [1.165, 1.54) is 0 Å². The lowest BCUT2D eigenvalue weighted by atomic mass is 9.85. The van der Waals surface area contributed by atoms with Gasteiger partial charge in [0, 0.05) is 5.56 Å². The van der Waals surface area contributed by atoms with Crippen LogP contribution in [-0.2, 0) is 0 Å². The summed E-state index contributed by atoms with van der Waals surface area (Å²) in [5.41, 5.74) is -0.300. The van der Waals surface area contributed by atoms with E-state index >= 15 is 0 Å². The first-order chi connectivity index (χ1) is 19.0. The zero-order chi connectivity index (χ0) is 35.6.